The summed E-state index contributed by atoms with van der Waals surface area (Å²) >= 11 is 11.0. The van der Waals surface area contributed by atoms with E-state index in [-0.39, 0.29) is 0 Å². The second-order valence-corrected chi connectivity index (χ2v) is 6.54. The number of hydrogen-bond donors (Lipinski definition) is 1. The molecule has 1 heterocycles. The molecular formula is C15H10BrClN2S. The average molecular weight is 366 g/mol. The molecule has 2 nitrogen and oxygen atoms in total. The maximum absolute atomic E-state index is 6.12. The van der Waals surface area contributed by atoms with Gasteiger partial charge in [0.1, 0.15) is 15.7 Å². The molecule has 2 N–H and O–H groups in total. The van der Waals surface area contributed by atoms with E-state index < -0.39 is 0 Å². The lowest BCUT2D eigenvalue weighted by Gasteiger charge is -2.02. The van der Waals surface area contributed by atoms with Crippen molar-refractivity contribution in [1.82, 2.24) is 4.98 Å². The van der Waals surface area contributed by atoms with Crippen LogP contribution in [0.15, 0.2) is 53.0 Å². The lowest BCUT2D eigenvalue weighted by Crippen LogP contribution is -1.87. The highest BCUT2D eigenvalue weighted by Gasteiger charge is 2.14. The molecular weight excluding hydrogens is 356 g/mol. The van der Waals surface area contributed by atoms with Crippen LogP contribution in [0.1, 0.15) is 0 Å². The first kappa shape index (κ1) is 13.6. The summed E-state index contributed by atoms with van der Waals surface area (Å²) in [5.41, 5.74) is 8.93. The summed E-state index contributed by atoms with van der Waals surface area (Å²) in [6.07, 6.45) is 0. The van der Waals surface area contributed by atoms with Crippen LogP contribution >= 0.6 is 38.9 Å². The normalized spacial score (nSPS) is 10.7. The number of halogens is 2. The van der Waals surface area contributed by atoms with Crippen molar-refractivity contribution in [1.29, 1.82) is 0 Å². The van der Waals surface area contributed by atoms with Gasteiger partial charge in [0.15, 0.2) is 0 Å². The molecule has 3 rings (SSSR count). The van der Waals surface area contributed by atoms with Gasteiger partial charge < -0.3 is 5.73 Å². The molecule has 0 fully saturated rings. The van der Waals surface area contributed by atoms with E-state index in [0.717, 1.165) is 26.3 Å². The van der Waals surface area contributed by atoms with E-state index in [4.69, 9.17) is 17.3 Å². The Morgan fingerprint density at radius 3 is 2.55 bits per heavy atom. The zero-order chi connectivity index (χ0) is 14.1. The average Bonchev–Trinajstić information content (AvgIpc) is 2.82. The number of anilines is 1. The Morgan fingerprint density at radius 2 is 1.85 bits per heavy atom. The molecule has 3 aromatic rings. The second kappa shape index (κ2) is 5.56. The van der Waals surface area contributed by atoms with Gasteiger partial charge in [-0.3, -0.25) is 0 Å². The molecule has 0 aliphatic heterocycles. The van der Waals surface area contributed by atoms with Gasteiger partial charge >= 0.3 is 0 Å². The largest absolute Gasteiger partial charge is 0.389 e. The highest BCUT2D eigenvalue weighted by atomic mass is 79.9. The predicted molar refractivity (Wildman–Crippen MR) is 90.1 cm³/mol. The van der Waals surface area contributed by atoms with Crippen LogP contribution in [0.2, 0.25) is 5.02 Å². The van der Waals surface area contributed by atoms with Gasteiger partial charge in [0.2, 0.25) is 0 Å². The standard InChI is InChI=1S/C15H10BrClN2S/c16-12-8-10(17)6-7-11(12)13-14(18)20-15(19-13)9-4-2-1-3-5-9/h1-8H,18H2. The van der Waals surface area contributed by atoms with Crippen LogP contribution in [-0.4, -0.2) is 4.98 Å². The molecule has 0 aliphatic rings. The molecule has 0 spiro atoms. The predicted octanol–water partition coefficient (Wildman–Crippen LogP) is 5.48. The number of nitrogen functional groups attached to an aromatic ring is 1. The summed E-state index contributed by atoms with van der Waals surface area (Å²) in [7, 11) is 0. The molecule has 0 saturated heterocycles. The van der Waals surface area contributed by atoms with Gasteiger partial charge in [0, 0.05) is 20.6 Å². The fraction of sp³-hybridized carbons (Fsp3) is 0. The quantitative estimate of drug-likeness (QED) is 0.653. The molecule has 0 bridgehead atoms. The summed E-state index contributed by atoms with van der Waals surface area (Å²) in [5, 5.41) is 2.30. The smallest absolute Gasteiger partial charge is 0.126 e. The SMILES string of the molecule is Nc1sc(-c2ccccc2)nc1-c1ccc(Cl)cc1Br. The number of aromatic nitrogens is 1. The highest BCUT2D eigenvalue weighted by molar-refractivity contribution is 9.10. The molecule has 5 heteroatoms. The minimum absolute atomic E-state index is 0.678. The number of nitrogens with zero attached hydrogens (tertiary/aromatic N) is 1. The highest BCUT2D eigenvalue weighted by Crippen LogP contribution is 2.39. The fourth-order valence-corrected chi connectivity index (χ4v) is 3.63. The third-order valence-electron chi connectivity index (χ3n) is 2.86. The zero-order valence-corrected chi connectivity index (χ0v) is 13.5. The summed E-state index contributed by atoms with van der Waals surface area (Å²) in [6.45, 7) is 0. The van der Waals surface area contributed by atoms with Gasteiger partial charge in [-0.25, -0.2) is 4.98 Å². The first-order valence-electron chi connectivity index (χ1n) is 5.92. The Bertz CT molecular complexity index is 756. The van der Waals surface area contributed by atoms with E-state index in [1.165, 1.54) is 11.3 Å². The van der Waals surface area contributed by atoms with E-state index in [2.05, 4.69) is 20.9 Å². The minimum atomic E-state index is 0.678. The van der Waals surface area contributed by atoms with Gasteiger partial charge in [-0.2, -0.15) is 0 Å². The van der Waals surface area contributed by atoms with E-state index in [1.54, 1.807) is 0 Å². The molecule has 2 aromatic carbocycles. The van der Waals surface area contributed by atoms with Crippen molar-refractivity contribution >= 4 is 43.9 Å². The van der Waals surface area contributed by atoms with Crippen molar-refractivity contribution in [3.63, 3.8) is 0 Å². The van der Waals surface area contributed by atoms with Crippen LogP contribution in [0.4, 0.5) is 5.00 Å². The number of hydrogen-bond acceptors (Lipinski definition) is 3. The van der Waals surface area contributed by atoms with Gasteiger partial charge in [0.05, 0.1) is 0 Å². The third-order valence-corrected chi connectivity index (χ3v) is 4.69. The molecule has 0 atom stereocenters. The van der Waals surface area contributed by atoms with Gasteiger partial charge in [-0.1, -0.05) is 75.3 Å². The summed E-state index contributed by atoms with van der Waals surface area (Å²) in [5.74, 6) is 0. The lowest BCUT2D eigenvalue weighted by molar-refractivity contribution is 1.39. The minimum Gasteiger partial charge on any atom is -0.389 e. The van der Waals surface area contributed by atoms with Gasteiger partial charge in [0.25, 0.3) is 0 Å². The topological polar surface area (TPSA) is 38.9 Å². The Morgan fingerprint density at radius 1 is 1.10 bits per heavy atom. The van der Waals surface area contributed by atoms with Crippen LogP contribution in [0.3, 0.4) is 0 Å². The second-order valence-electron chi connectivity index (χ2n) is 4.22. The van der Waals surface area contributed by atoms with Crippen LogP contribution in [-0.2, 0) is 0 Å². The van der Waals surface area contributed by atoms with Crippen molar-refractivity contribution in [2.45, 2.75) is 0 Å². The third kappa shape index (κ3) is 2.59. The molecule has 20 heavy (non-hydrogen) atoms. The van der Waals surface area contributed by atoms with Crippen molar-refractivity contribution in [3.05, 3.63) is 58.0 Å². The maximum Gasteiger partial charge on any atom is 0.126 e. The maximum atomic E-state index is 6.12. The summed E-state index contributed by atoms with van der Waals surface area (Å²) in [4.78, 5) is 4.66. The Labute approximate surface area is 134 Å². The monoisotopic (exact) mass is 364 g/mol. The molecule has 0 amide bonds. The van der Waals surface area contributed by atoms with E-state index in [0.29, 0.717) is 10.0 Å². The lowest BCUT2D eigenvalue weighted by atomic mass is 10.1. The first-order chi connectivity index (χ1) is 9.65. The fourth-order valence-electron chi connectivity index (χ4n) is 1.91. The van der Waals surface area contributed by atoms with Crippen LogP contribution in [0.25, 0.3) is 21.8 Å². The van der Waals surface area contributed by atoms with E-state index in [9.17, 15) is 0 Å². The van der Waals surface area contributed by atoms with Crippen molar-refractivity contribution in [2.75, 3.05) is 5.73 Å². The number of nitrogens with two attached hydrogens (primary N) is 1. The molecule has 0 saturated carbocycles. The van der Waals surface area contributed by atoms with Crippen molar-refractivity contribution < 1.29 is 0 Å². The summed E-state index contributed by atoms with van der Waals surface area (Å²) in [6, 6.07) is 15.6. The van der Waals surface area contributed by atoms with E-state index >= 15 is 0 Å². The Kier molecular flexibility index (Phi) is 3.78. The molecule has 1 aromatic heterocycles. The Balaban J connectivity index is 2.10. The molecule has 100 valence electrons. The number of thiazole rings is 1. The van der Waals surface area contributed by atoms with Crippen molar-refractivity contribution in [2.24, 2.45) is 0 Å². The molecule has 0 radical (unpaired) electrons. The number of rotatable bonds is 2. The van der Waals surface area contributed by atoms with E-state index in [1.807, 2.05) is 48.5 Å². The Hall–Kier alpha value is -1.36. The summed E-state index contributed by atoms with van der Waals surface area (Å²) < 4.78 is 0.890. The zero-order valence-electron chi connectivity index (χ0n) is 10.3. The van der Waals surface area contributed by atoms with Crippen LogP contribution in [0.5, 0.6) is 0 Å². The molecule has 0 aliphatic carbocycles. The van der Waals surface area contributed by atoms with Crippen LogP contribution in [0, 0.1) is 0 Å². The van der Waals surface area contributed by atoms with Crippen molar-refractivity contribution in [3.8, 4) is 21.8 Å². The van der Waals surface area contributed by atoms with Gasteiger partial charge in [-0.15, -0.1) is 0 Å². The van der Waals surface area contributed by atoms with Gasteiger partial charge in [-0.05, 0) is 12.1 Å². The van der Waals surface area contributed by atoms with Crippen LogP contribution < -0.4 is 5.73 Å². The molecule has 0 unspecified atom stereocenters. The number of benzene rings is 2. The first-order valence-corrected chi connectivity index (χ1v) is 7.91.